The van der Waals surface area contributed by atoms with Crippen LogP contribution >= 0.6 is 11.3 Å². The first kappa shape index (κ1) is 25.0. The van der Waals surface area contributed by atoms with Crippen LogP contribution in [0.2, 0.25) is 0 Å². The Kier molecular flexibility index (Phi) is 7.03. The highest BCUT2D eigenvalue weighted by Gasteiger charge is 2.33. The van der Waals surface area contributed by atoms with Crippen molar-refractivity contribution >= 4 is 29.3 Å². The van der Waals surface area contributed by atoms with Crippen LogP contribution in [0.25, 0.3) is 6.08 Å². The predicted octanol–water partition coefficient (Wildman–Crippen LogP) is 2.15. The summed E-state index contributed by atoms with van der Waals surface area (Å²) in [6.45, 7) is 7.49. The van der Waals surface area contributed by atoms with Gasteiger partial charge in [0.2, 0.25) is 0 Å². The molecular weight excluding hydrogens is 492 g/mol. The molecule has 3 aromatic rings. The van der Waals surface area contributed by atoms with Crippen molar-refractivity contribution < 1.29 is 18.7 Å². The fourth-order valence-corrected chi connectivity index (χ4v) is 5.67. The van der Waals surface area contributed by atoms with Crippen LogP contribution in [0, 0.1) is 0 Å². The number of anilines is 1. The van der Waals surface area contributed by atoms with Crippen molar-refractivity contribution in [2.75, 3.05) is 51.8 Å². The molecule has 0 saturated carbocycles. The molecule has 1 saturated heterocycles. The highest BCUT2D eigenvalue weighted by atomic mass is 32.1. The van der Waals surface area contributed by atoms with Crippen molar-refractivity contribution in [2.24, 2.45) is 4.99 Å². The molecule has 4 heterocycles. The summed E-state index contributed by atoms with van der Waals surface area (Å²) in [5.74, 6) is 1.59. The van der Waals surface area contributed by atoms with Gasteiger partial charge in [-0.3, -0.25) is 9.36 Å². The smallest absolute Gasteiger partial charge is 0.338 e. The second kappa shape index (κ2) is 10.4. The lowest BCUT2D eigenvalue weighted by Crippen LogP contribution is -2.44. The fourth-order valence-electron chi connectivity index (χ4n) is 4.64. The summed E-state index contributed by atoms with van der Waals surface area (Å²) in [4.78, 5) is 36.4. The third kappa shape index (κ3) is 4.86. The van der Waals surface area contributed by atoms with Crippen molar-refractivity contribution in [3.63, 3.8) is 0 Å². The molecule has 5 rings (SSSR count). The first-order valence-electron chi connectivity index (χ1n) is 12.3. The Morgan fingerprint density at radius 1 is 1.16 bits per heavy atom. The maximum Gasteiger partial charge on any atom is 0.338 e. The highest BCUT2D eigenvalue weighted by Crippen LogP contribution is 2.31. The number of benzene rings is 1. The minimum absolute atomic E-state index is 0.226. The maximum absolute atomic E-state index is 13.7. The van der Waals surface area contributed by atoms with Gasteiger partial charge in [0, 0.05) is 38.3 Å². The Morgan fingerprint density at radius 2 is 1.89 bits per heavy atom. The van der Waals surface area contributed by atoms with Crippen molar-refractivity contribution in [1.82, 2.24) is 9.47 Å². The van der Waals surface area contributed by atoms with Gasteiger partial charge >= 0.3 is 5.97 Å². The maximum atomic E-state index is 13.7. The zero-order valence-corrected chi connectivity index (χ0v) is 22.2. The van der Waals surface area contributed by atoms with Gasteiger partial charge in [-0.2, -0.15) is 0 Å². The summed E-state index contributed by atoms with van der Waals surface area (Å²) in [5.41, 5.74) is 1.40. The molecule has 2 aliphatic rings. The zero-order chi connectivity index (χ0) is 26.1. The largest absolute Gasteiger partial charge is 0.497 e. The van der Waals surface area contributed by atoms with Crippen LogP contribution in [0.4, 0.5) is 5.88 Å². The van der Waals surface area contributed by atoms with Crippen LogP contribution < -0.4 is 24.5 Å². The number of likely N-dealkylation sites (N-methyl/N-ethyl adjacent to an activating group) is 1. The van der Waals surface area contributed by atoms with E-state index < -0.39 is 12.0 Å². The molecule has 194 valence electrons. The van der Waals surface area contributed by atoms with E-state index in [0.717, 1.165) is 37.6 Å². The SMILES string of the molecule is CCOC(=O)C1=C(C)N=c2sc(=Cc3ccc(N4CCN(C)CC4)o3)c(=O)n2C1c1ccc(OC)cc1. The highest BCUT2D eigenvalue weighted by molar-refractivity contribution is 7.07. The Labute approximate surface area is 218 Å². The number of hydrogen-bond donors (Lipinski definition) is 0. The van der Waals surface area contributed by atoms with Crippen LogP contribution in [0.15, 0.2) is 61.9 Å². The third-order valence-electron chi connectivity index (χ3n) is 6.65. The van der Waals surface area contributed by atoms with Crippen molar-refractivity contribution in [1.29, 1.82) is 0 Å². The van der Waals surface area contributed by atoms with Crippen LogP contribution in [0.5, 0.6) is 5.75 Å². The summed E-state index contributed by atoms with van der Waals surface area (Å²) >= 11 is 1.28. The van der Waals surface area contributed by atoms with Crippen LogP contribution in [0.1, 0.15) is 31.2 Å². The number of carbonyl (C=O) groups is 1. The monoisotopic (exact) mass is 522 g/mol. The molecule has 0 bridgehead atoms. The number of piperazine rings is 1. The Morgan fingerprint density at radius 3 is 2.57 bits per heavy atom. The number of fused-ring (bicyclic) bond motifs is 1. The first-order chi connectivity index (χ1) is 17.9. The molecule has 1 aromatic carbocycles. The van der Waals surface area contributed by atoms with Gasteiger partial charge in [0.25, 0.3) is 5.56 Å². The van der Waals surface area contributed by atoms with E-state index in [1.54, 1.807) is 31.6 Å². The number of aromatic nitrogens is 1. The second-order valence-electron chi connectivity index (χ2n) is 9.04. The number of thiazole rings is 1. The van der Waals surface area contributed by atoms with Crippen molar-refractivity contribution in [3.8, 4) is 5.75 Å². The van der Waals surface area contributed by atoms with Gasteiger partial charge in [-0.1, -0.05) is 23.5 Å². The normalized spacial score (nSPS) is 18.5. The van der Waals surface area contributed by atoms with Crippen molar-refractivity contribution in [2.45, 2.75) is 19.9 Å². The molecule has 1 unspecified atom stereocenters. The predicted molar refractivity (Wildman–Crippen MR) is 142 cm³/mol. The molecule has 9 nitrogen and oxygen atoms in total. The van der Waals surface area contributed by atoms with Gasteiger partial charge in [0.1, 0.15) is 11.5 Å². The molecule has 10 heteroatoms. The van der Waals surface area contributed by atoms with E-state index in [1.165, 1.54) is 11.3 Å². The average molecular weight is 523 g/mol. The molecule has 1 atom stereocenters. The number of hydrogen-bond acceptors (Lipinski definition) is 9. The first-order valence-corrected chi connectivity index (χ1v) is 13.1. The second-order valence-corrected chi connectivity index (χ2v) is 10.1. The Balaban J connectivity index is 1.57. The van der Waals surface area contributed by atoms with Crippen LogP contribution in [-0.2, 0) is 9.53 Å². The Hall–Kier alpha value is -3.63. The molecule has 2 aromatic heterocycles. The topological polar surface area (TPSA) is 89.5 Å². The number of nitrogens with zero attached hydrogens (tertiary/aromatic N) is 4. The van der Waals surface area contributed by atoms with Gasteiger partial charge in [0.15, 0.2) is 10.7 Å². The van der Waals surface area contributed by atoms with E-state index in [1.807, 2.05) is 36.4 Å². The molecule has 0 amide bonds. The molecule has 0 spiro atoms. The number of methoxy groups -OCH3 is 1. The quantitative estimate of drug-likeness (QED) is 0.459. The fraction of sp³-hybridized carbons (Fsp3) is 0.370. The van der Waals surface area contributed by atoms with Gasteiger partial charge in [-0.25, -0.2) is 9.79 Å². The van der Waals surface area contributed by atoms with Crippen LogP contribution in [-0.4, -0.2) is 62.4 Å². The standard InChI is InChI=1S/C27H30N4O5S/c1-5-35-26(33)23-17(2)28-27-31(24(23)18-6-8-19(34-4)9-7-18)25(32)21(37-27)16-20-10-11-22(36-20)30-14-12-29(3)13-15-30/h6-11,16,24H,5,12-15H2,1-4H3. The zero-order valence-electron chi connectivity index (χ0n) is 21.4. The minimum atomic E-state index is -0.666. The van der Waals surface area contributed by atoms with Crippen LogP contribution in [0.3, 0.4) is 0 Å². The minimum Gasteiger partial charge on any atom is -0.497 e. The molecular formula is C27H30N4O5S. The molecule has 2 aliphatic heterocycles. The number of ether oxygens (including phenoxy) is 2. The number of allylic oxidation sites excluding steroid dienone is 1. The summed E-state index contributed by atoms with van der Waals surface area (Å²) in [6, 6.07) is 10.5. The van der Waals surface area contributed by atoms with E-state index in [0.29, 0.717) is 32.1 Å². The summed E-state index contributed by atoms with van der Waals surface area (Å²) in [6.07, 6.45) is 1.75. The van der Waals surface area contributed by atoms with Gasteiger partial charge < -0.3 is 23.7 Å². The lowest BCUT2D eigenvalue weighted by Gasteiger charge is -2.32. The number of esters is 1. The molecule has 0 aliphatic carbocycles. The molecule has 0 radical (unpaired) electrons. The third-order valence-corrected chi connectivity index (χ3v) is 7.63. The van der Waals surface area contributed by atoms with E-state index in [2.05, 4.69) is 21.8 Å². The van der Waals surface area contributed by atoms with E-state index >= 15 is 0 Å². The average Bonchev–Trinajstić information content (AvgIpc) is 3.48. The number of rotatable bonds is 6. The van der Waals surface area contributed by atoms with Crippen molar-refractivity contribution in [3.05, 3.63) is 78.7 Å². The molecule has 0 N–H and O–H groups in total. The number of carbonyl (C=O) groups excluding carboxylic acids is 1. The van der Waals surface area contributed by atoms with E-state index in [4.69, 9.17) is 13.9 Å². The van der Waals surface area contributed by atoms with E-state index in [-0.39, 0.29) is 12.2 Å². The summed E-state index contributed by atoms with van der Waals surface area (Å²) in [7, 11) is 3.70. The van der Waals surface area contributed by atoms with Gasteiger partial charge in [-0.15, -0.1) is 0 Å². The number of furan rings is 1. The summed E-state index contributed by atoms with van der Waals surface area (Å²) < 4.78 is 18.8. The molecule has 1 fully saturated rings. The lowest BCUT2D eigenvalue weighted by molar-refractivity contribution is -0.139. The Bertz CT molecular complexity index is 1510. The van der Waals surface area contributed by atoms with E-state index in [9.17, 15) is 9.59 Å². The molecule has 37 heavy (non-hydrogen) atoms. The summed E-state index contributed by atoms with van der Waals surface area (Å²) in [5, 5.41) is 0. The van der Waals surface area contributed by atoms with Gasteiger partial charge in [-0.05, 0) is 44.7 Å². The lowest BCUT2D eigenvalue weighted by atomic mass is 9.96. The van der Waals surface area contributed by atoms with Gasteiger partial charge in [0.05, 0.1) is 35.6 Å².